The summed E-state index contributed by atoms with van der Waals surface area (Å²) in [5.74, 6) is 0. The maximum Gasteiger partial charge on any atom is 0.0714 e. The lowest BCUT2D eigenvalue weighted by Gasteiger charge is -2.35. The van der Waals surface area contributed by atoms with E-state index in [0.29, 0.717) is 0 Å². The number of fused-ring (bicyclic) bond motifs is 7. The van der Waals surface area contributed by atoms with Gasteiger partial charge in [-0.3, -0.25) is 0 Å². The summed E-state index contributed by atoms with van der Waals surface area (Å²) in [6.45, 7) is 0. The maximum atomic E-state index is 2.48. The molecule has 2 aliphatic rings. The summed E-state index contributed by atoms with van der Waals surface area (Å²) in [7, 11) is 0. The highest BCUT2D eigenvalue weighted by Crippen LogP contribution is 2.59. The van der Waals surface area contributed by atoms with Gasteiger partial charge in [0, 0.05) is 21.8 Å². The lowest BCUT2D eigenvalue weighted by Crippen LogP contribution is -2.28. The standard InChI is InChI=1S/C76H51NS/c1-5-20-59(21-6-1)75(60-22-7-2-8-23-60)71-31-16-14-29-67(71)69-50-64(42-44-72(69)75)77(65-41-43-68-66-28-13-15-30-70(66)76(73(68)51-65,61-24-9-3-10-25-61)62-26-11-4-12-27-62)63-39-36-53(37-40-63)52-32-34-54(35-33-52)55-18-17-19-56(48-55)57-38-45-74-58(49-57)46-47-78-74/h1-51H. The molecule has 0 amide bonds. The largest absolute Gasteiger partial charge is 0.310 e. The average molecular weight is 1010 g/mol. The highest BCUT2D eigenvalue weighted by Gasteiger charge is 2.48. The Morgan fingerprint density at radius 3 is 1.24 bits per heavy atom. The molecule has 366 valence electrons. The van der Waals surface area contributed by atoms with E-state index in [4.69, 9.17) is 0 Å². The minimum absolute atomic E-state index is 0.499. The number of hydrogen-bond acceptors (Lipinski definition) is 2. The van der Waals surface area contributed by atoms with E-state index in [2.05, 4.69) is 314 Å². The molecule has 1 heterocycles. The van der Waals surface area contributed by atoms with Crippen LogP contribution in [0.5, 0.6) is 0 Å². The topological polar surface area (TPSA) is 3.24 Å². The van der Waals surface area contributed by atoms with Crippen molar-refractivity contribution in [3.63, 3.8) is 0 Å². The van der Waals surface area contributed by atoms with Gasteiger partial charge in [0.15, 0.2) is 0 Å². The quantitative estimate of drug-likeness (QED) is 0.132. The smallest absolute Gasteiger partial charge is 0.0714 e. The van der Waals surface area contributed by atoms with E-state index in [-0.39, 0.29) is 0 Å². The monoisotopic (exact) mass is 1010 g/mol. The Morgan fingerprint density at radius 1 is 0.244 bits per heavy atom. The molecule has 0 atom stereocenters. The van der Waals surface area contributed by atoms with Crippen molar-refractivity contribution < 1.29 is 0 Å². The van der Waals surface area contributed by atoms with Crippen LogP contribution in [0.25, 0.3) is 65.7 Å². The molecule has 0 saturated heterocycles. The predicted molar refractivity (Wildman–Crippen MR) is 327 cm³/mol. The summed E-state index contributed by atoms with van der Waals surface area (Å²) < 4.78 is 1.32. The normalized spacial score (nSPS) is 13.3. The Labute approximate surface area is 460 Å². The third-order valence-corrected chi connectivity index (χ3v) is 17.6. The maximum absolute atomic E-state index is 2.48. The first kappa shape index (κ1) is 45.8. The summed E-state index contributed by atoms with van der Waals surface area (Å²) in [6, 6.07) is 113. The van der Waals surface area contributed by atoms with Gasteiger partial charge >= 0.3 is 0 Å². The van der Waals surface area contributed by atoms with Gasteiger partial charge in [-0.25, -0.2) is 0 Å². The molecule has 1 nitrogen and oxygen atoms in total. The third kappa shape index (κ3) is 7.14. The van der Waals surface area contributed by atoms with Gasteiger partial charge < -0.3 is 4.90 Å². The summed E-state index contributed by atoms with van der Waals surface area (Å²) in [5.41, 5.74) is 24.6. The highest BCUT2D eigenvalue weighted by atomic mass is 32.1. The Morgan fingerprint density at radius 2 is 0.654 bits per heavy atom. The van der Waals surface area contributed by atoms with E-state index in [1.54, 1.807) is 11.3 Å². The van der Waals surface area contributed by atoms with Crippen LogP contribution >= 0.6 is 11.3 Å². The van der Waals surface area contributed by atoms with Crippen molar-refractivity contribution in [2.45, 2.75) is 10.8 Å². The molecular weight excluding hydrogens is 959 g/mol. The molecule has 13 aromatic rings. The van der Waals surface area contributed by atoms with Crippen molar-refractivity contribution in [1.29, 1.82) is 0 Å². The van der Waals surface area contributed by atoms with E-state index >= 15 is 0 Å². The molecule has 78 heavy (non-hydrogen) atoms. The summed E-state index contributed by atoms with van der Waals surface area (Å²) in [5, 5.41) is 3.46. The van der Waals surface area contributed by atoms with Crippen LogP contribution in [0.3, 0.4) is 0 Å². The van der Waals surface area contributed by atoms with Crippen LogP contribution in [0.1, 0.15) is 44.5 Å². The Hall–Kier alpha value is -9.60. The lowest BCUT2D eigenvalue weighted by molar-refractivity contribution is 0.768. The molecule has 2 heteroatoms. The van der Waals surface area contributed by atoms with Crippen molar-refractivity contribution in [1.82, 2.24) is 0 Å². The van der Waals surface area contributed by atoms with Crippen molar-refractivity contribution in [3.05, 3.63) is 353 Å². The van der Waals surface area contributed by atoms with Crippen molar-refractivity contribution in [2.75, 3.05) is 4.90 Å². The van der Waals surface area contributed by atoms with Crippen LogP contribution in [0.15, 0.2) is 309 Å². The zero-order valence-electron chi connectivity index (χ0n) is 42.8. The fourth-order valence-electron chi connectivity index (χ4n) is 13.3. The first-order chi connectivity index (χ1) is 38.7. The van der Waals surface area contributed by atoms with E-state index in [9.17, 15) is 0 Å². The molecule has 0 bridgehead atoms. The molecule has 0 fully saturated rings. The van der Waals surface area contributed by atoms with Crippen LogP contribution in [0.2, 0.25) is 0 Å². The number of hydrogen-bond donors (Lipinski definition) is 0. The minimum atomic E-state index is -0.548. The van der Waals surface area contributed by atoms with Gasteiger partial charge in [-0.15, -0.1) is 11.3 Å². The van der Waals surface area contributed by atoms with E-state index in [1.165, 1.54) is 105 Å². The molecule has 0 aliphatic heterocycles. The van der Waals surface area contributed by atoms with E-state index in [1.807, 2.05) is 0 Å². The number of anilines is 3. The van der Waals surface area contributed by atoms with Crippen LogP contribution < -0.4 is 4.90 Å². The van der Waals surface area contributed by atoms with E-state index in [0.717, 1.165) is 22.6 Å². The molecule has 0 unspecified atom stereocenters. The molecular formula is C76H51NS. The number of nitrogens with zero attached hydrogens (tertiary/aromatic N) is 1. The number of thiophene rings is 1. The summed E-state index contributed by atoms with van der Waals surface area (Å²) in [4.78, 5) is 2.48. The molecule has 0 N–H and O–H groups in total. The zero-order valence-corrected chi connectivity index (χ0v) is 43.6. The first-order valence-electron chi connectivity index (χ1n) is 27.0. The van der Waals surface area contributed by atoms with Gasteiger partial charge in [0.05, 0.1) is 10.8 Å². The SMILES string of the molecule is c1ccc(C2(c3ccccc3)c3ccccc3-c3cc(N(c4ccc(-c5ccc(-c6cccc(-c7ccc8sccc8c7)c6)cc5)cc4)c4ccc5c(c4)C(c4ccccc4)(c4ccccc4)c4ccccc4-5)ccc32)cc1. The third-order valence-electron chi connectivity index (χ3n) is 16.7. The van der Waals surface area contributed by atoms with Gasteiger partial charge in [0.25, 0.3) is 0 Å². The van der Waals surface area contributed by atoms with Gasteiger partial charge in [-0.05, 0) is 172 Å². The first-order valence-corrected chi connectivity index (χ1v) is 27.8. The lowest BCUT2D eigenvalue weighted by atomic mass is 9.67. The molecule has 0 spiro atoms. The Bertz CT molecular complexity index is 4270. The van der Waals surface area contributed by atoms with E-state index < -0.39 is 10.8 Å². The molecule has 0 saturated carbocycles. The fourth-order valence-corrected chi connectivity index (χ4v) is 14.0. The van der Waals surface area contributed by atoms with Crippen LogP contribution in [-0.4, -0.2) is 0 Å². The average Bonchev–Trinajstić information content (AvgIpc) is 4.30. The van der Waals surface area contributed by atoms with Crippen molar-refractivity contribution in [2.24, 2.45) is 0 Å². The highest BCUT2D eigenvalue weighted by molar-refractivity contribution is 7.17. The van der Waals surface area contributed by atoms with Crippen LogP contribution in [-0.2, 0) is 10.8 Å². The van der Waals surface area contributed by atoms with Crippen LogP contribution in [0.4, 0.5) is 17.1 Å². The number of rotatable bonds is 10. The Kier molecular flexibility index (Phi) is 10.9. The second-order valence-corrected chi connectivity index (χ2v) is 21.7. The zero-order chi connectivity index (χ0) is 51.6. The van der Waals surface area contributed by atoms with Gasteiger partial charge in [0.2, 0.25) is 0 Å². The summed E-state index contributed by atoms with van der Waals surface area (Å²) in [6.07, 6.45) is 0. The second kappa shape index (κ2) is 18.6. The van der Waals surface area contributed by atoms with Crippen LogP contribution in [0, 0.1) is 0 Å². The molecule has 15 rings (SSSR count). The second-order valence-electron chi connectivity index (χ2n) is 20.7. The van der Waals surface area contributed by atoms with Gasteiger partial charge in [0.1, 0.15) is 0 Å². The summed E-state index contributed by atoms with van der Waals surface area (Å²) >= 11 is 1.79. The fraction of sp³-hybridized carbons (Fsp3) is 0.0263. The minimum Gasteiger partial charge on any atom is -0.310 e. The van der Waals surface area contributed by atoms with Crippen molar-refractivity contribution >= 4 is 38.5 Å². The van der Waals surface area contributed by atoms with Crippen molar-refractivity contribution in [3.8, 4) is 55.6 Å². The number of benzene rings is 12. The Balaban J connectivity index is 0.882. The van der Waals surface area contributed by atoms with Gasteiger partial charge in [-0.1, -0.05) is 243 Å². The molecule has 12 aromatic carbocycles. The predicted octanol–water partition coefficient (Wildman–Crippen LogP) is 20.1. The molecule has 1 aromatic heterocycles. The molecule has 0 radical (unpaired) electrons. The molecule has 2 aliphatic carbocycles. The van der Waals surface area contributed by atoms with Gasteiger partial charge in [-0.2, -0.15) is 0 Å².